The zero-order valence-corrected chi connectivity index (χ0v) is 12.8. The molecule has 0 N–H and O–H groups in total. The molecule has 0 aliphatic carbocycles. The van der Waals surface area contributed by atoms with Crippen LogP contribution in [0.4, 0.5) is 5.69 Å². The number of likely N-dealkylation sites (N-methyl/N-ethyl adjacent to an activating group) is 1. The molecule has 2 fully saturated rings. The summed E-state index contributed by atoms with van der Waals surface area (Å²) in [6, 6.07) is 3.92. The van der Waals surface area contributed by atoms with Crippen LogP contribution in [0, 0.1) is 0 Å². The van der Waals surface area contributed by atoms with E-state index >= 15 is 0 Å². The fourth-order valence-electron chi connectivity index (χ4n) is 3.02. The van der Waals surface area contributed by atoms with Gasteiger partial charge in [-0.05, 0) is 38.4 Å². The van der Waals surface area contributed by atoms with Crippen LogP contribution in [0.1, 0.15) is 29.8 Å². The number of amides is 1. The van der Waals surface area contributed by atoms with Gasteiger partial charge in [0.2, 0.25) is 0 Å². The number of piperidine rings is 1. The molecule has 2 aliphatic heterocycles. The molecule has 5 heteroatoms. The van der Waals surface area contributed by atoms with Crippen molar-refractivity contribution in [3.05, 3.63) is 24.0 Å². The SMILES string of the molecule is CN1CCN(C(=O)c2ccc(N3CCCCC3)cn2)CC1. The molecule has 0 bridgehead atoms. The van der Waals surface area contributed by atoms with Gasteiger partial charge >= 0.3 is 0 Å². The van der Waals surface area contributed by atoms with E-state index in [4.69, 9.17) is 0 Å². The topological polar surface area (TPSA) is 39.7 Å². The molecule has 0 unspecified atom stereocenters. The predicted molar refractivity (Wildman–Crippen MR) is 83.7 cm³/mol. The molecule has 21 heavy (non-hydrogen) atoms. The second-order valence-electron chi connectivity index (χ2n) is 6.04. The van der Waals surface area contributed by atoms with Crippen LogP contribution in [-0.4, -0.2) is 67.0 Å². The van der Waals surface area contributed by atoms with E-state index in [0.717, 1.165) is 45.0 Å². The number of carbonyl (C=O) groups excluding carboxylic acids is 1. The lowest BCUT2D eigenvalue weighted by Gasteiger charge is -2.32. The Labute approximate surface area is 126 Å². The van der Waals surface area contributed by atoms with Crippen LogP contribution in [0.5, 0.6) is 0 Å². The van der Waals surface area contributed by atoms with Gasteiger partial charge < -0.3 is 14.7 Å². The van der Waals surface area contributed by atoms with Gasteiger partial charge in [0.25, 0.3) is 5.91 Å². The summed E-state index contributed by atoms with van der Waals surface area (Å²) in [5.41, 5.74) is 1.71. The summed E-state index contributed by atoms with van der Waals surface area (Å²) >= 11 is 0. The van der Waals surface area contributed by atoms with E-state index in [1.165, 1.54) is 19.3 Å². The summed E-state index contributed by atoms with van der Waals surface area (Å²) in [4.78, 5) is 23.3. The molecule has 1 amide bonds. The zero-order chi connectivity index (χ0) is 14.7. The highest BCUT2D eigenvalue weighted by Crippen LogP contribution is 2.19. The van der Waals surface area contributed by atoms with Crippen molar-refractivity contribution in [2.75, 3.05) is 51.2 Å². The highest BCUT2D eigenvalue weighted by molar-refractivity contribution is 5.92. The molecule has 114 valence electrons. The Bertz CT molecular complexity index is 474. The average Bonchev–Trinajstić information content (AvgIpc) is 2.56. The third kappa shape index (κ3) is 3.35. The van der Waals surface area contributed by atoms with E-state index in [9.17, 15) is 4.79 Å². The minimum atomic E-state index is 0.0632. The first-order chi connectivity index (χ1) is 10.2. The Morgan fingerprint density at radius 3 is 2.33 bits per heavy atom. The highest BCUT2D eigenvalue weighted by Gasteiger charge is 2.21. The van der Waals surface area contributed by atoms with Gasteiger partial charge in [0.05, 0.1) is 11.9 Å². The molecule has 0 atom stereocenters. The smallest absolute Gasteiger partial charge is 0.272 e. The quantitative estimate of drug-likeness (QED) is 0.826. The molecule has 0 saturated carbocycles. The number of carbonyl (C=O) groups is 1. The molecule has 1 aromatic heterocycles. The van der Waals surface area contributed by atoms with E-state index in [-0.39, 0.29) is 5.91 Å². The Morgan fingerprint density at radius 1 is 1.00 bits per heavy atom. The number of aromatic nitrogens is 1. The van der Waals surface area contributed by atoms with Gasteiger partial charge in [-0.2, -0.15) is 0 Å². The van der Waals surface area contributed by atoms with Crippen molar-refractivity contribution in [1.82, 2.24) is 14.8 Å². The monoisotopic (exact) mass is 288 g/mol. The fraction of sp³-hybridized carbons (Fsp3) is 0.625. The summed E-state index contributed by atoms with van der Waals surface area (Å²) in [7, 11) is 2.09. The normalized spacial score (nSPS) is 20.6. The van der Waals surface area contributed by atoms with Gasteiger partial charge in [-0.3, -0.25) is 4.79 Å². The van der Waals surface area contributed by atoms with Gasteiger partial charge in [0.15, 0.2) is 0 Å². The van der Waals surface area contributed by atoms with Crippen molar-refractivity contribution in [2.45, 2.75) is 19.3 Å². The second-order valence-corrected chi connectivity index (χ2v) is 6.04. The van der Waals surface area contributed by atoms with Gasteiger partial charge in [0, 0.05) is 39.3 Å². The van der Waals surface area contributed by atoms with Gasteiger partial charge in [-0.1, -0.05) is 0 Å². The number of anilines is 1. The molecule has 3 heterocycles. The minimum absolute atomic E-state index is 0.0632. The Balaban J connectivity index is 1.64. The molecule has 0 radical (unpaired) electrons. The third-order valence-corrected chi connectivity index (χ3v) is 4.48. The average molecular weight is 288 g/mol. The summed E-state index contributed by atoms with van der Waals surface area (Å²) in [5.74, 6) is 0.0632. The third-order valence-electron chi connectivity index (χ3n) is 4.48. The van der Waals surface area contributed by atoms with Gasteiger partial charge in [-0.15, -0.1) is 0 Å². The van der Waals surface area contributed by atoms with Crippen LogP contribution >= 0.6 is 0 Å². The molecule has 0 spiro atoms. The number of rotatable bonds is 2. The first kappa shape index (κ1) is 14.3. The van der Waals surface area contributed by atoms with Crippen molar-refractivity contribution in [3.63, 3.8) is 0 Å². The van der Waals surface area contributed by atoms with E-state index in [0.29, 0.717) is 5.69 Å². The minimum Gasteiger partial charge on any atom is -0.370 e. The maximum absolute atomic E-state index is 12.4. The van der Waals surface area contributed by atoms with Crippen LogP contribution in [0.15, 0.2) is 18.3 Å². The molecule has 2 aliphatic rings. The lowest BCUT2D eigenvalue weighted by atomic mass is 10.1. The zero-order valence-electron chi connectivity index (χ0n) is 12.8. The molecule has 2 saturated heterocycles. The fourth-order valence-corrected chi connectivity index (χ4v) is 3.02. The highest BCUT2D eigenvalue weighted by atomic mass is 16.2. The van der Waals surface area contributed by atoms with Crippen molar-refractivity contribution in [2.24, 2.45) is 0 Å². The summed E-state index contributed by atoms with van der Waals surface area (Å²) in [6.07, 6.45) is 5.68. The number of hydrogen-bond acceptors (Lipinski definition) is 4. The molecular formula is C16H24N4O. The molecule has 5 nitrogen and oxygen atoms in total. The van der Waals surface area contributed by atoms with Crippen molar-refractivity contribution in [1.29, 1.82) is 0 Å². The second kappa shape index (κ2) is 6.43. The molecule has 1 aromatic rings. The molecule has 0 aromatic carbocycles. The Kier molecular flexibility index (Phi) is 4.39. The number of piperazine rings is 1. The summed E-state index contributed by atoms with van der Waals surface area (Å²) in [6.45, 7) is 5.69. The molecular weight excluding hydrogens is 264 g/mol. The first-order valence-corrected chi connectivity index (χ1v) is 7.93. The van der Waals surface area contributed by atoms with Crippen molar-refractivity contribution in [3.8, 4) is 0 Å². The van der Waals surface area contributed by atoms with Crippen LogP contribution in [0.2, 0.25) is 0 Å². The van der Waals surface area contributed by atoms with Gasteiger partial charge in [0.1, 0.15) is 5.69 Å². The van der Waals surface area contributed by atoms with E-state index in [1.54, 1.807) is 0 Å². The number of hydrogen-bond donors (Lipinski definition) is 0. The maximum atomic E-state index is 12.4. The number of pyridine rings is 1. The van der Waals surface area contributed by atoms with Gasteiger partial charge in [-0.25, -0.2) is 4.98 Å². The first-order valence-electron chi connectivity index (χ1n) is 7.93. The molecule has 3 rings (SSSR count). The summed E-state index contributed by atoms with van der Waals surface area (Å²) in [5, 5.41) is 0. The van der Waals surface area contributed by atoms with Crippen LogP contribution < -0.4 is 4.90 Å². The largest absolute Gasteiger partial charge is 0.370 e. The van der Waals surface area contributed by atoms with E-state index < -0.39 is 0 Å². The van der Waals surface area contributed by atoms with Crippen LogP contribution in [0.25, 0.3) is 0 Å². The lowest BCUT2D eigenvalue weighted by Crippen LogP contribution is -2.47. The summed E-state index contributed by atoms with van der Waals surface area (Å²) < 4.78 is 0. The number of nitrogens with zero attached hydrogens (tertiary/aromatic N) is 4. The van der Waals surface area contributed by atoms with Crippen molar-refractivity contribution < 1.29 is 4.79 Å². The van der Waals surface area contributed by atoms with E-state index in [2.05, 4.69) is 21.8 Å². The van der Waals surface area contributed by atoms with Crippen molar-refractivity contribution >= 4 is 11.6 Å². The van der Waals surface area contributed by atoms with E-state index in [1.807, 2.05) is 23.2 Å². The predicted octanol–water partition coefficient (Wildman–Crippen LogP) is 1.46. The van der Waals surface area contributed by atoms with Crippen LogP contribution in [-0.2, 0) is 0 Å². The maximum Gasteiger partial charge on any atom is 0.272 e. The standard InChI is InChI=1S/C16H24N4O/c1-18-9-11-20(12-10-18)16(21)15-6-5-14(13-17-15)19-7-3-2-4-8-19/h5-6,13H,2-4,7-12H2,1H3. The lowest BCUT2D eigenvalue weighted by molar-refractivity contribution is 0.0658. The Morgan fingerprint density at radius 2 is 1.71 bits per heavy atom. The Hall–Kier alpha value is -1.62. The van der Waals surface area contributed by atoms with Crippen LogP contribution in [0.3, 0.4) is 0 Å².